The van der Waals surface area contributed by atoms with Gasteiger partial charge in [-0.15, -0.1) is 0 Å². The largest absolute Gasteiger partial charge is 0.507 e. The molecule has 1 unspecified atom stereocenters. The highest BCUT2D eigenvalue weighted by Gasteiger charge is 2.46. The minimum Gasteiger partial charge on any atom is -0.507 e. The van der Waals surface area contributed by atoms with Crippen LogP contribution in [-0.4, -0.2) is 44.2 Å². The van der Waals surface area contributed by atoms with E-state index in [1.807, 2.05) is 0 Å². The second kappa shape index (κ2) is 8.34. The lowest BCUT2D eigenvalue weighted by Crippen LogP contribution is -2.31. The number of amides is 1. The Bertz CT molecular complexity index is 1080. The molecule has 0 aromatic heterocycles. The quantitative estimate of drug-likeness (QED) is 0.236. The van der Waals surface area contributed by atoms with Gasteiger partial charge in [0.05, 0.1) is 23.0 Å². The molecular weight excluding hydrogens is 416 g/mol. The summed E-state index contributed by atoms with van der Waals surface area (Å²) in [5, 5.41) is 31.3. The summed E-state index contributed by atoms with van der Waals surface area (Å²) in [4.78, 5) is 47.9. The first kappa shape index (κ1) is 21.0. The number of aliphatic hydroxyl groups is 1. The van der Waals surface area contributed by atoms with E-state index in [1.54, 1.807) is 0 Å². The fourth-order valence-corrected chi connectivity index (χ4v) is 3.37. The van der Waals surface area contributed by atoms with Crippen LogP contribution in [0.5, 0.6) is 0 Å². The Labute approximate surface area is 175 Å². The summed E-state index contributed by atoms with van der Waals surface area (Å²) in [5.74, 6) is -3.68. The Hall–Kier alpha value is -3.72. The molecule has 1 fully saturated rings. The normalized spacial score (nSPS) is 17.9. The number of carboxylic acids is 1. The number of halogens is 1. The predicted octanol–water partition coefficient (Wildman–Crippen LogP) is 3.14. The average molecular weight is 431 g/mol. The number of carbonyl (C=O) groups is 3. The number of carbonyl (C=O) groups excluding carboxylic acids is 2. The van der Waals surface area contributed by atoms with Gasteiger partial charge in [0.1, 0.15) is 5.76 Å². The zero-order chi connectivity index (χ0) is 22.0. The van der Waals surface area contributed by atoms with Crippen LogP contribution in [0.25, 0.3) is 5.76 Å². The van der Waals surface area contributed by atoms with E-state index in [0.717, 1.165) is 4.90 Å². The molecule has 1 saturated heterocycles. The smallest absolute Gasteiger partial charge is 0.305 e. The summed E-state index contributed by atoms with van der Waals surface area (Å²) in [6.07, 6.45) is -0.445. The summed E-state index contributed by atoms with van der Waals surface area (Å²) in [6.45, 7) is -0.315. The highest BCUT2D eigenvalue weighted by Crippen LogP contribution is 2.40. The van der Waals surface area contributed by atoms with Gasteiger partial charge in [0.25, 0.3) is 17.4 Å². The summed E-state index contributed by atoms with van der Waals surface area (Å²) in [7, 11) is 0. The number of rotatable bonds is 6. The molecule has 3 rings (SSSR count). The van der Waals surface area contributed by atoms with Gasteiger partial charge < -0.3 is 15.1 Å². The molecule has 0 aliphatic carbocycles. The van der Waals surface area contributed by atoms with E-state index in [1.165, 1.54) is 48.5 Å². The van der Waals surface area contributed by atoms with Crippen molar-refractivity contribution >= 4 is 40.7 Å². The van der Waals surface area contributed by atoms with Crippen LogP contribution in [0.3, 0.4) is 0 Å². The van der Waals surface area contributed by atoms with E-state index in [9.17, 15) is 29.6 Å². The van der Waals surface area contributed by atoms with Gasteiger partial charge in [-0.05, 0) is 29.8 Å². The van der Waals surface area contributed by atoms with E-state index < -0.39 is 40.8 Å². The standard InChI is InChI=1S/C20H15ClN2O7/c21-13-6-4-11(5-7-13)18(26)16-17(12-2-1-3-14(10-12)23(29)30)22(9-8-15(24)25)20(28)19(16)27/h1-7,10,17,26H,8-9H2,(H,24,25)/b18-16-. The van der Waals surface area contributed by atoms with Gasteiger partial charge in [0.2, 0.25) is 0 Å². The Kier molecular flexibility index (Phi) is 5.84. The Morgan fingerprint density at radius 2 is 1.80 bits per heavy atom. The van der Waals surface area contributed by atoms with Crippen molar-refractivity contribution in [2.45, 2.75) is 12.5 Å². The lowest BCUT2D eigenvalue weighted by Gasteiger charge is -2.24. The third-order valence-electron chi connectivity index (χ3n) is 4.62. The van der Waals surface area contributed by atoms with Crippen LogP contribution < -0.4 is 0 Å². The topological polar surface area (TPSA) is 138 Å². The Morgan fingerprint density at radius 1 is 1.13 bits per heavy atom. The maximum atomic E-state index is 12.7. The first-order valence-corrected chi connectivity index (χ1v) is 9.09. The molecule has 0 bridgehead atoms. The number of aliphatic carboxylic acids is 1. The van der Waals surface area contributed by atoms with Gasteiger partial charge in [0.15, 0.2) is 0 Å². The predicted molar refractivity (Wildman–Crippen MR) is 106 cm³/mol. The van der Waals surface area contributed by atoms with E-state index in [2.05, 4.69) is 0 Å². The number of nitro groups is 1. The number of non-ortho nitro benzene ring substituents is 1. The molecule has 2 aromatic carbocycles. The molecule has 30 heavy (non-hydrogen) atoms. The van der Waals surface area contributed by atoms with Crippen molar-refractivity contribution in [3.05, 3.63) is 80.4 Å². The van der Waals surface area contributed by atoms with Crippen LogP contribution in [-0.2, 0) is 14.4 Å². The number of ketones is 1. The second-order valence-corrected chi connectivity index (χ2v) is 6.93. The fourth-order valence-electron chi connectivity index (χ4n) is 3.24. The molecule has 10 heteroatoms. The molecule has 1 amide bonds. The zero-order valence-corrected chi connectivity index (χ0v) is 16.1. The number of nitro benzene ring substituents is 1. The lowest BCUT2D eigenvalue weighted by molar-refractivity contribution is -0.384. The molecule has 0 spiro atoms. The van der Waals surface area contributed by atoms with Gasteiger partial charge in [-0.3, -0.25) is 24.5 Å². The zero-order valence-electron chi connectivity index (χ0n) is 15.3. The first-order valence-electron chi connectivity index (χ1n) is 8.71. The fraction of sp³-hybridized carbons (Fsp3) is 0.150. The first-order chi connectivity index (χ1) is 14.2. The number of carboxylic acid groups (broad SMARTS) is 1. The SMILES string of the molecule is O=C(O)CCN1C(=O)C(=O)/C(=C(\O)c2ccc(Cl)cc2)C1c1cccc([N+](=O)[O-])c1. The number of nitrogens with zero attached hydrogens (tertiary/aromatic N) is 2. The summed E-state index contributed by atoms with van der Waals surface area (Å²) < 4.78 is 0. The van der Waals surface area contributed by atoms with Gasteiger partial charge >= 0.3 is 5.97 Å². The van der Waals surface area contributed by atoms with E-state index in [0.29, 0.717) is 5.02 Å². The number of hydrogen-bond acceptors (Lipinski definition) is 6. The molecule has 2 N–H and O–H groups in total. The maximum absolute atomic E-state index is 12.7. The van der Waals surface area contributed by atoms with Crippen LogP contribution in [0, 0.1) is 10.1 Å². The van der Waals surface area contributed by atoms with Crippen molar-refractivity contribution in [2.24, 2.45) is 0 Å². The highest BCUT2D eigenvalue weighted by molar-refractivity contribution is 6.46. The van der Waals surface area contributed by atoms with Gasteiger partial charge in [-0.2, -0.15) is 0 Å². The third kappa shape index (κ3) is 4.01. The molecular formula is C20H15ClN2O7. The Morgan fingerprint density at radius 3 is 2.40 bits per heavy atom. The van der Waals surface area contributed by atoms with Crippen molar-refractivity contribution < 1.29 is 29.5 Å². The second-order valence-electron chi connectivity index (χ2n) is 6.50. The van der Waals surface area contributed by atoms with Crippen molar-refractivity contribution in [3.63, 3.8) is 0 Å². The van der Waals surface area contributed by atoms with Gasteiger partial charge in [-0.1, -0.05) is 23.7 Å². The minimum absolute atomic E-state index is 0.198. The van der Waals surface area contributed by atoms with Crippen LogP contribution in [0.2, 0.25) is 5.02 Å². The highest BCUT2D eigenvalue weighted by atomic mass is 35.5. The van der Waals surface area contributed by atoms with E-state index >= 15 is 0 Å². The van der Waals surface area contributed by atoms with Gasteiger partial charge in [-0.25, -0.2) is 0 Å². The van der Waals surface area contributed by atoms with Gasteiger partial charge in [0, 0.05) is 29.3 Å². The monoisotopic (exact) mass is 430 g/mol. The van der Waals surface area contributed by atoms with Crippen LogP contribution >= 0.6 is 11.6 Å². The number of aliphatic hydroxyl groups excluding tert-OH is 1. The number of likely N-dealkylation sites (tertiary alicyclic amines) is 1. The summed E-state index contributed by atoms with van der Waals surface area (Å²) in [6, 6.07) is 9.96. The number of Topliss-reactive ketones (excluding diaryl/α,β-unsaturated/α-hetero) is 1. The maximum Gasteiger partial charge on any atom is 0.305 e. The van der Waals surface area contributed by atoms with Crippen LogP contribution in [0.15, 0.2) is 54.1 Å². The number of hydrogen-bond donors (Lipinski definition) is 2. The average Bonchev–Trinajstić information content (AvgIpc) is 2.97. The van der Waals surface area contributed by atoms with Crippen LogP contribution in [0.1, 0.15) is 23.6 Å². The van der Waals surface area contributed by atoms with Crippen LogP contribution in [0.4, 0.5) is 5.69 Å². The van der Waals surface area contributed by atoms with Crippen molar-refractivity contribution in [3.8, 4) is 0 Å². The molecule has 1 atom stereocenters. The minimum atomic E-state index is -1.19. The molecule has 9 nitrogen and oxygen atoms in total. The number of benzene rings is 2. The van der Waals surface area contributed by atoms with E-state index in [4.69, 9.17) is 16.7 Å². The molecule has 2 aromatic rings. The molecule has 1 heterocycles. The summed E-state index contributed by atoms with van der Waals surface area (Å²) >= 11 is 5.85. The molecule has 1 aliphatic heterocycles. The van der Waals surface area contributed by atoms with Crippen molar-refractivity contribution in [2.75, 3.05) is 6.54 Å². The molecule has 1 aliphatic rings. The molecule has 0 saturated carbocycles. The Balaban J connectivity index is 2.19. The van der Waals surface area contributed by atoms with E-state index in [-0.39, 0.29) is 28.9 Å². The van der Waals surface area contributed by atoms with Crippen molar-refractivity contribution in [1.82, 2.24) is 4.90 Å². The third-order valence-corrected chi connectivity index (χ3v) is 4.87. The van der Waals surface area contributed by atoms with Crippen molar-refractivity contribution in [1.29, 1.82) is 0 Å². The molecule has 154 valence electrons. The summed E-state index contributed by atoms with van der Waals surface area (Å²) in [5.41, 5.74) is -0.147. The molecule has 0 radical (unpaired) electrons. The lowest BCUT2D eigenvalue weighted by atomic mass is 9.95.